The Morgan fingerprint density at radius 1 is 0.962 bits per heavy atom. The standard InChI is InChI=1S/C18H12F4N4/c1-25-15-7-4-12(19)10-14(15)23-17(25)11-2-5-13(6-3-11)26-9-8-16(24-26)18(20,21)22/h2-10H,1H3. The Morgan fingerprint density at radius 2 is 1.69 bits per heavy atom. The highest BCUT2D eigenvalue weighted by molar-refractivity contribution is 5.80. The van der Waals surface area contributed by atoms with E-state index in [1.54, 1.807) is 30.3 Å². The van der Waals surface area contributed by atoms with Gasteiger partial charge in [-0.15, -0.1) is 0 Å². The fourth-order valence-corrected chi connectivity index (χ4v) is 2.81. The maximum absolute atomic E-state index is 13.4. The maximum atomic E-state index is 13.4. The minimum absolute atomic E-state index is 0.364. The molecule has 0 aliphatic heterocycles. The summed E-state index contributed by atoms with van der Waals surface area (Å²) < 4.78 is 54.4. The predicted octanol–water partition coefficient (Wildman–Crippen LogP) is 4.58. The third kappa shape index (κ3) is 2.73. The van der Waals surface area contributed by atoms with Gasteiger partial charge in [0.1, 0.15) is 11.6 Å². The first kappa shape index (κ1) is 16.3. The van der Waals surface area contributed by atoms with Gasteiger partial charge in [-0.25, -0.2) is 14.1 Å². The van der Waals surface area contributed by atoms with Crippen LogP contribution < -0.4 is 0 Å². The topological polar surface area (TPSA) is 35.6 Å². The summed E-state index contributed by atoms with van der Waals surface area (Å²) in [6.45, 7) is 0. The van der Waals surface area contributed by atoms with Gasteiger partial charge < -0.3 is 4.57 Å². The molecule has 0 fully saturated rings. The smallest absolute Gasteiger partial charge is 0.327 e. The molecule has 0 bridgehead atoms. The van der Waals surface area contributed by atoms with Gasteiger partial charge in [-0.05, 0) is 42.5 Å². The zero-order valence-electron chi connectivity index (χ0n) is 13.5. The van der Waals surface area contributed by atoms with Crippen molar-refractivity contribution < 1.29 is 17.6 Å². The molecule has 0 unspecified atom stereocenters. The van der Waals surface area contributed by atoms with Crippen molar-refractivity contribution in [3.63, 3.8) is 0 Å². The lowest BCUT2D eigenvalue weighted by Crippen LogP contribution is -2.07. The number of aromatic nitrogens is 4. The Morgan fingerprint density at radius 3 is 2.35 bits per heavy atom. The molecule has 0 N–H and O–H groups in total. The van der Waals surface area contributed by atoms with E-state index in [9.17, 15) is 17.6 Å². The fourth-order valence-electron chi connectivity index (χ4n) is 2.81. The van der Waals surface area contributed by atoms with E-state index in [4.69, 9.17) is 0 Å². The van der Waals surface area contributed by atoms with Crippen molar-refractivity contribution in [3.8, 4) is 17.1 Å². The number of benzene rings is 2. The second-order valence-electron chi connectivity index (χ2n) is 5.82. The highest BCUT2D eigenvalue weighted by Crippen LogP contribution is 2.28. The third-order valence-corrected chi connectivity index (χ3v) is 4.11. The van der Waals surface area contributed by atoms with E-state index in [1.165, 1.54) is 18.3 Å². The Kier molecular flexibility index (Phi) is 3.57. The molecule has 2 heterocycles. The minimum Gasteiger partial charge on any atom is -0.327 e. The Bertz CT molecular complexity index is 1090. The molecule has 132 valence electrons. The number of imidazole rings is 1. The molecule has 2 aromatic carbocycles. The second-order valence-corrected chi connectivity index (χ2v) is 5.82. The third-order valence-electron chi connectivity index (χ3n) is 4.11. The average molecular weight is 360 g/mol. The largest absolute Gasteiger partial charge is 0.435 e. The lowest BCUT2D eigenvalue weighted by Gasteiger charge is -2.06. The van der Waals surface area contributed by atoms with Crippen LogP contribution in [0.3, 0.4) is 0 Å². The highest BCUT2D eigenvalue weighted by Gasteiger charge is 2.33. The first-order chi connectivity index (χ1) is 12.3. The minimum atomic E-state index is -4.48. The van der Waals surface area contributed by atoms with E-state index in [0.29, 0.717) is 17.0 Å². The summed E-state index contributed by atoms with van der Waals surface area (Å²) in [7, 11) is 1.82. The van der Waals surface area contributed by atoms with Crippen molar-refractivity contribution in [2.45, 2.75) is 6.18 Å². The highest BCUT2D eigenvalue weighted by atomic mass is 19.4. The molecule has 0 aliphatic carbocycles. The van der Waals surface area contributed by atoms with Crippen molar-refractivity contribution in [1.29, 1.82) is 0 Å². The summed E-state index contributed by atoms with van der Waals surface area (Å²) in [5.74, 6) is 0.269. The summed E-state index contributed by atoms with van der Waals surface area (Å²) in [6.07, 6.45) is -3.22. The van der Waals surface area contributed by atoms with Gasteiger partial charge in [0.2, 0.25) is 0 Å². The normalized spacial score (nSPS) is 12.0. The quantitative estimate of drug-likeness (QED) is 0.491. The predicted molar refractivity (Wildman–Crippen MR) is 88.2 cm³/mol. The second kappa shape index (κ2) is 5.69. The van der Waals surface area contributed by atoms with Gasteiger partial charge in [-0.2, -0.15) is 18.3 Å². The van der Waals surface area contributed by atoms with Crippen LogP contribution in [0.2, 0.25) is 0 Å². The Hall–Kier alpha value is -3.16. The number of nitrogens with zero attached hydrogens (tertiary/aromatic N) is 4. The zero-order valence-corrected chi connectivity index (χ0v) is 13.5. The van der Waals surface area contributed by atoms with Crippen molar-refractivity contribution in [1.82, 2.24) is 19.3 Å². The molecule has 0 saturated carbocycles. The number of aryl methyl sites for hydroxylation is 1. The summed E-state index contributed by atoms with van der Waals surface area (Å²) >= 11 is 0. The van der Waals surface area contributed by atoms with Crippen LogP contribution >= 0.6 is 0 Å². The van der Waals surface area contributed by atoms with Crippen molar-refractivity contribution in [2.24, 2.45) is 7.05 Å². The van der Waals surface area contributed by atoms with Crippen molar-refractivity contribution in [2.75, 3.05) is 0 Å². The summed E-state index contributed by atoms with van der Waals surface area (Å²) in [5.41, 5.74) is 1.63. The molecule has 0 amide bonds. The van der Waals surface area contributed by atoms with Crippen molar-refractivity contribution in [3.05, 3.63) is 66.2 Å². The van der Waals surface area contributed by atoms with Gasteiger partial charge in [0.15, 0.2) is 5.69 Å². The van der Waals surface area contributed by atoms with Crippen LogP contribution in [0.25, 0.3) is 28.1 Å². The molecule has 0 spiro atoms. The van der Waals surface area contributed by atoms with Crippen LogP contribution in [0.15, 0.2) is 54.7 Å². The lowest BCUT2D eigenvalue weighted by atomic mass is 10.2. The number of fused-ring (bicyclic) bond motifs is 1. The molecule has 0 saturated heterocycles. The molecule has 26 heavy (non-hydrogen) atoms. The molecule has 8 heteroatoms. The fraction of sp³-hybridized carbons (Fsp3) is 0.111. The van der Waals surface area contributed by atoms with Crippen LogP contribution in [0.1, 0.15) is 5.69 Å². The van der Waals surface area contributed by atoms with E-state index in [-0.39, 0.29) is 5.82 Å². The van der Waals surface area contributed by atoms with Crippen LogP contribution in [0.5, 0.6) is 0 Å². The molecule has 0 radical (unpaired) electrons. The molecular formula is C18H12F4N4. The van der Waals surface area contributed by atoms with Gasteiger partial charge in [-0.3, -0.25) is 0 Å². The molecule has 4 rings (SSSR count). The van der Waals surface area contributed by atoms with Crippen LogP contribution in [0, 0.1) is 5.82 Å². The maximum Gasteiger partial charge on any atom is 0.435 e. The summed E-state index contributed by atoms with van der Waals surface area (Å²) in [5, 5.41) is 3.55. The molecule has 0 atom stereocenters. The molecule has 4 nitrogen and oxygen atoms in total. The number of hydrogen-bond donors (Lipinski definition) is 0. The monoisotopic (exact) mass is 360 g/mol. The van der Waals surface area contributed by atoms with Crippen LogP contribution in [-0.2, 0) is 13.2 Å². The Labute approximate surface area is 145 Å². The van der Waals surface area contributed by atoms with E-state index in [1.807, 2.05) is 11.6 Å². The van der Waals surface area contributed by atoms with Gasteiger partial charge in [0, 0.05) is 24.9 Å². The van der Waals surface area contributed by atoms with Gasteiger partial charge in [0.05, 0.1) is 16.7 Å². The number of rotatable bonds is 2. The van der Waals surface area contributed by atoms with Crippen LogP contribution in [-0.4, -0.2) is 19.3 Å². The molecule has 2 aromatic heterocycles. The SMILES string of the molecule is Cn1c(-c2ccc(-n3ccc(C(F)(F)F)n3)cc2)nc2cc(F)ccc21. The summed E-state index contributed by atoms with van der Waals surface area (Å²) in [4.78, 5) is 4.43. The van der Waals surface area contributed by atoms with E-state index < -0.39 is 11.9 Å². The van der Waals surface area contributed by atoms with Gasteiger partial charge >= 0.3 is 6.18 Å². The Balaban J connectivity index is 1.70. The van der Waals surface area contributed by atoms with Crippen LogP contribution in [0.4, 0.5) is 17.6 Å². The van der Waals surface area contributed by atoms with Gasteiger partial charge in [0.25, 0.3) is 0 Å². The molecule has 0 aliphatic rings. The average Bonchev–Trinajstić information content (AvgIpc) is 3.20. The first-order valence-electron chi connectivity index (χ1n) is 7.68. The van der Waals surface area contributed by atoms with E-state index >= 15 is 0 Å². The summed E-state index contributed by atoms with van der Waals surface area (Å²) in [6, 6.07) is 12.1. The first-order valence-corrected chi connectivity index (χ1v) is 7.68. The lowest BCUT2D eigenvalue weighted by molar-refractivity contribution is -0.141. The van der Waals surface area contributed by atoms with E-state index in [0.717, 1.165) is 21.8 Å². The molecular weight excluding hydrogens is 348 g/mol. The zero-order chi connectivity index (χ0) is 18.5. The number of halogens is 4. The van der Waals surface area contributed by atoms with Crippen molar-refractivity contribution >= 4 is 11.0 Å². The number of hydrogen-bond acceptors (Lipinski definition) is 2. The van der Waals surface area contributed by atoms with Gasteiger partial charge in [-0.1, -0.05) is 0 Å². The van der Waals surface area contributed by atoms with E-state index in [2.05, 4.69) is 10.1 Å². The molecule has 4 aromatic rings. The number of alkyl halides is 3.